The molecule has 1 aromatic heterocycles. The van der Waals surface area contributed by atoms with Gasteiger partial charge in [-0.15, -0.1) is 0 Å². The number of aliphatic imine (C=N–C) groups is 1. The van der Waals surface area contributed by atoms with Gasteiger partial charge in [-0.2, -0.15) is 0 Å². The van der Waals surface area contributed by atoms with Crippen LogP contribution in [0.2, 0.25) is 0 Å². The molecular formula is C25H27N5O. The molecule has 2 aromatic carbocycles. The Balaban J connectivity index is 1.65. The third-order valence-electron chi connectivity index (χ3n) is 6.07. The zero-order valence-electron chi connectivity index (χ0n) is 18.0. The molecule has 31 heavy (non-hydrogen) atoms. The van der Waals surface area contributed by atoms with Crippen molar-refractivity contribution in [3.63, 3.8) is 0 Å². The summed E-state index contributed by atoms with van der Waals surface area (Å²) in [5.74, 6) is 2.52. The van der Waals surface area contributed by atoms with Crippen molar-refractivity contribution < 1.29 is 4.79 Å². The van der Waals surface area contributed by atoms with Gasteiger partial charge in [-0.3, -0.25) is 14.6 Å². The third kappa shape index (κ3) is 3.42. The van der Waals surface area contributed by atoms with Crippen LogP contribution in [0.4, 0.5) is 5.82 Å². The second-order valence-corrected chi connectivity index (χ2v) is 8.09. The average Bonchev–Trinajstić information content (AvgIpc) is 3.38. The predicted octanol–water partition coefficient (Wildman–Crippen LogP) is 3.95. The van der Waals surface area contributed by atoms with E-state index in [0.717, 1.165) is 30.6 Å². The number of fused-ring (bicyclic) bond motifs is 3. The van der Waals surface area contributed by atoms with Gasteiger partial charge in [0.15, 0.2) is 5.69 Å². The van der Waals surface area contributed by atoms with E-state index in [1.165, 1.54) is 11.1 Å². The minimum Gasteiger partial charge on any atom is -0.309 e. The summed E-state index contributed by atoms with van der Waals surface area (Å²) >= 11 is 0. The molecule has 5 rings (SSSR count). The van der Waals surface area contributed by atoms with E-state index in [2.05, 4.69) is 52.8 Å². The van der Waals surface area contributed by atoms with Gasteiger partial charge < -0.3 is 4.57 Å². The molecule has 158 valence electrons. The smallest absolute Gasteiger partial charge is 0.283 e. The Hall–Kier alpha value is -3.41. The number of guanidine groups is 1. The van der Waals surface area contributed by atoms with Crippen LogP contribution in [-0.2, 0) is 13.0 Å². The Bertz CT molecular complexity index is 1120. The molecule has 2 aliphatic heterocycles. The third-order valence-corrected chi connectivity index (χ3v) is 6.07. The summed E-state index contributed by atoms with van der Waals surface area (Å²) in [6.45, 7) is 6.19. The molecule has 1 amide bonds. The highest BCUT2D eigenvalue weighted by Crippen LogP contribution is 2.34. The van der Waals surface area contributed by atoms with Crippen LogP contribution in [0, 0.1) is 0 Å². The van der Waals surface area contributed by atoms with Gasteiger partial charge in [0.05, 0.1) is 19.1 Å². The monoisotopic (exact) mass is 413 g/mol. The molecular weight excluding hydrogens is 386 g/mol. The lowest BCUT2D eigenvalue weighted by atomic mass is 10.1. The van der Waals surface area contributed by atoms with Crippen molar-refractivity contribution in [3.8, 4) is 0 Å². The topological polar surface area (TPSA) is 53.7 Å². The number of rotatable bonds is 6. The maximum absolute atomic E-state index is 13.4. The summed E-state index contributed by atoms with van der Waals surface area (Å²) in [6, 6.07) is 20.9. The van der Waals surface area contributed by atoms with Gasteiger partial charge in [0.1, 0.15) is 11.6 Å². The lowest BCUT2D eigenvalue weighted by Gasteiger charge is -2.33. The van der Waals surface area contributed by atoms with Crippen molar-refractivity contribution in [2.24, 2.45) is 4.99 Å². The van der Waals surface area contributed by atoms with Crippen molar-refractivity contribution in [1.29, 1.82) is 0 Å². The molecule has 1 atom stereocenters. The van der Waals surface area contributed by atoms with Gasteiger partial charge in [-0.25, -0.2) is 9.98 Å². The maximum Gasteiger partial charge on any atom is 0.283 e. The minimum absolute atomic E-state index is 0.0506. The molecule has 0 bridgehead atoms. The van der Waals surface area contributed by atoms with Gasteiger partial charge in [-0.1, -0.05) is 67.6 Å². The van der Waals surface area contributed by atoms with Crippen molar-refractivity contribution in [2.45, 2.75) is 39.3 Å². The first-order chi connectivity index (χ1) is 15.2. The zero-order chi connectivity index (χ0) is 21.4. The van der Waals surface area contributed by atoms with Gasteiger partial charge in [-0.05, 0) is 24.5 Å². The fraction of sp³-hybridized carbons (Fsp3) is 0.320. The minimum atomic E-state index is -0.0506. The van der Waals surface area contributed by atoms with Gasteiger partial charge >= 0.3 is 0 Å². The highest BCUT2D eigenvalue weighted by atomic mass is 16.2. The fourth-order valence-corrected chi connectivity index (χ4v) is 4.44. The molecule has 0 aliphatic carbocycles. The van der Waals surface area contributed by atoms with E-state index < -0.39 is 0 Å². The molecule has 0 saturated heterocycles. The number of amides is 1. The normalized spacial score (nSPS) is 17.5. The average molecular weight is 414 g/mol. The lowest BCUT2D eigenvalue weighted by molar-refractivity contribution is 0.0841. The summed E-state index contributed by atoms with van der Waals surface area (Å²) in [7, 11) is 0. The summed E-state index contributed by atoms with van der Waals surface area (Å²) in [6.07, 6.45) is 1.63. The largest absolute Gasteiger partial charge is 0.309 e. The number of aromatic nitrogens is 2. The summed E-state index contributed by atoms with van der Waals surface area (Å²) in [4.78, 5) is 27.2. The van der Waals surface area contributed by atoms with E-state index in [-0.39, 0.29) is 11.9 Å². The summed E-state index contributed by atoms with van der Waals surface area (Å²) < 4.78 is 2.22. The Kier molecular flexibility index (Phi) is 5.06. The molecule has 0 N–H and O–H groups in total. The van der Waals surface area contributed by atoms with Crippen LogP contribution in [0.5, 0.6) is 0 Å². The number of imidazole rings is 1. The molecule has 0 unspecified atom stereocenters. The molecule has 0 spiro atoms. The van der Waals surface area contributed by atoms with E-state index in [1.807, 2.05) is 31.2 Å². The molecule has 0 radical (unpaired) electrons. The number of hydrogen-bond acceptors (Lipinski definition) is 4. The van der Waals surface area contributed by atoms with E-state index in [0.29, 0.717) is 25.2 Å². The van der Waals surface area contributed by atoms with Gasteiger partial charge in [0, 0.05) is 13.0 Å². The van der Waals surface area contributed by atoms with E-state index >= 15 is 0 Å². The van der Waals surface area contributed by atoms with E-state index in [1.54, 1.807) is 4.90 Å². The van der Waals surface area contributed by atoms with Crippen molar-refractivity contribution in [1.82, 2.24) is 14.5 Å². The number of hydrogen-bond donors (Lipinski definition) is 0. The van der Waals surface area contributed by atoms with Crippen molar-refractivity contribution >= 4 is 17.7 Å². The highest BCUT2D eigenvalue weighted by molar-refractivity contribution is 6.18. The van der Waals surface area contributed by atoms with Crippen molar-refractivity contribution in [2.75, 3.05) is 18.0 Å². The molecule has 6 nitrogen and oxygen atoms in total. The molecule has 2 aliphatic rings. The quantitative estimate of drug-likeness (QED) is 0.615. The molecule has 0 fully saturated rings. The number of carbonyl (C=O) groups is 1. The van der Waals surface area contributed by atoms with Crippen LogP contribution >= 0.6 is 0 Å². The zero-order valence-corrected chi connectivity index (χ0v) is 18.0. The van der Waals surface area contributed by atoms with Crippen LogP contribution in [0.15, 0.2) is 65.7 Å². The Morgan fingerprint density at radius 3 is 2.29 bits per heavy atom. The van der Waals surface area contributed by atoms with Crippen LogP contribution in [-0.4, -0.2) is 45.4 Å². The Morgan fingerprint density at radius 1 is 0.968 bits per heavy atom. The van der Waals surface area contributed by atoms with E-state index in [4.69, 9.17) is 9.98 Å². The lowest BCUT2D eigenvalue weighted by Crippen LogP contribution is -2.50. The second kappa shape index (κ2) is 8.02. The van der Waals surface area contributed by atoms with Crippen LogP contribution in [0.3, 0.4) is 0 Å². The number of carbonyl (C=O) groups excluding carboxylic acids is 1. The predicted molar refractivity (Wildman–Crippen MR) is 123 cm³/mol. The number of nitrogens with zero attached hydrogens (tertiary/aromatic N) is 5. The van der Waals surface area contributed by atoms with Crippen LogP contribution < -0.4 is 4.90 Å². The first-order valence-electron chi connectivity index (χ1n) is 11.0. The highest BCUT2D eigenvalue weighted by Gasteiger charge is 2.43. The Labute approximate surface area is 182 Å². The van der Waals surface area contributed by atoms with Gasteiger partial charge in [0.25, 0.3) is 5.91 Å². The standard InChI is InChI=1S/C25H27N5O/c1-3-20-17-30-23-22(24(31)28(4-2)25(30)26-20)27-21(15-18-11-7-5-8-12-18)29(23)16-19-13-9-6-10-14-19/h5-14,20H,3-4,15-17H2,1-2H3/t20-/m1/s1. The van der Waals surface area contributed by atoms with E-state index in [9.17, 15) is 4.79 Å². The molecule has 3 heterocycles. The fourth-order valence-electron chi connectivity index (χ4n) is 4.44. The molecule has 6 heteroatoms. The summed E-state index contributed by atoms with van der Waals surface area (Å²) in [5.41, 5.74) is 2.91. The summed E-state index contributed by atoms with van der Waals surface area (Å²) in [5, 5.41) is 0. The number of benzene rings is 2. The SMILES string of the molecule is CC[C@@H]1CN2C(=N1)N(CC)C(=O)c1nc(Cc3ccccc3)n(Cc3ccccc3)c12. The van der Waals surface area contributed by atoms with Gasteiger partial charge in [0.2, 0.25) is 5.96 Å². The second-order valence-electron chi connectivity index (χ2n) is 8.09. The molecule has 0 saturated carbocycles. The first kappa shape index (κ1) is 19.5. The maximum atomic E-state index is 13.4. The Morgan fingerprint density at radius 2 is 1.65 bits per heavy atom. The van der Waals surface area contributed by atoms with Crippen LogP contribution in [0.25, 0.3) is 0 Å². The van der Waals surface area contributed by atoms with Crippen molar-refractivity contribution in [3.05, 3.63) is 83.3 Å². The van der Waals surface area contributed by atoms with Crippen LogP contribution in [0.1, 0.15) is 47.7 Å². The number of anilines is 1. The first-order valence-corrected chi connectivity index (χ1v) is 11.0. The molecule has 3 aromatic rings.